The van der Waals surface area contributed by atoms with Crippen molar-refractivity contribution in [2.45, 2.75) is 90.5 Å². The first-order chi connectivity index (χ1) is 21.1. The summed E-state index contributed by atoms with van der Waals surface area (Å²) in [5, 5.41) is 12.3. The van der Waals surface area contributed by atoms with Crippen LogP contribution in [0.4, 0.5) is 9.59 Å². The van der Waals surface area contributed by atoms with Crippen molar-refractivity contribution in [1.29, 1.82) is 0 Å². The lowest BCUT2D eigenvalue weighted by atomic mass is 9.97. The van der Waals surface area contributed by atoms with E-state index in [4.69, 9.17) is 18.9 Å². The zero-order valence-corrected chi connectivity index (χ0v) is 28.3. The van der Waals surface area contributed by atoms with Crippen molar-refractivity contribution in [3.8, 4) is 0 Å². The van der Waals surface area contributed by atoms with Crippen LogP contribution in [0.15, 0.2) is 41.7 Å². The number of nitrogens with zero attached hydrogens (tertiary/aromatic N) is 5. The van der Waals surface area contributed by atoms with Crippen molar-refractivity contribution in [2.24, 2.45) is 5.16 Å². The van der Waals surface area contributed by atoms with Crippen LogP contribution in [0, 0.1) is 0 Å². The summed E-state index contributed by atoms with van der Waals surface area (Å²) in [4.78, 5) is 52.0. The zero-order chi connectivity index (χ0) is 33.0. The number of carbonyl (C=O) groups excluding carboxylic acids is 3. The number of alkyl carbamates (subject to hydrolysis) is 1. The van der Waals surface area contributed by atoms with Crippen LogP contribution in [-0.2, 0) is 36.9 Å². The number of carbonyl (C=O) groups is 3. The van der Waals surface area contributed by atoms with Gasteiger partial charge in [0.05, 0.1) is 37.7 Å². The molecule has 2 aromatic rings. The highest BCUT2D eigenvalue weighted by Gasteiger charge is 2.53. The van der Waals surface area contributed by atoms with E-state index >= 15 is 0 Å². The maximum Gasteiger partial charge on any atom is 0.407 e. The molecular weight excluding hydrogens is 598 g/mol. The summed E-state index contributed by atoms with van der Waals surface area (Å²) in [5.41, 5.74) is 4.23. The Labute approximate surface area is 265 Å². The molecule has 2 bridgehead atoms. The van der Waals surface area contributed by atoms with Gasteiger partial charge in [0.15, 0.2) is 6.04 Å². The zero-order valence-electron chi connectivity index (χ0n) is 27.3. The Morgan fingerprint density at radius 2 is 1.84 bits per heavy atom. The van der Waals surface area contributed by atoms with Gasteiger partial charge >= 0.3 is 12.1 Å². The number of oxime groups is 1. The monoisotopic (exact) mass is 643 g/mol. The molecule has 2 atom stereocenters. The molecule has 1 aromatic carbocycles. The van der Waals surface area contributed by atoms with E-state index in [1.165, 1.54) is 16.2 Å². The molecule has 2 N–H and O–H groups in total. The molecule has 0 unspecified atom stereocenters. The number of hydroxylamine groups is 3. The average molecular weight is 644 g/mol. The van der Waals surface area contributed by atoms with Gasteiger partial charge in [-0.25, -0.2) is 15.1 Å². The third-order valence-electron chi connectivity index (χ3n) is 7.87. The summed E-state index contributed by atoms with van der Waals surface area (Å²) in [7, 11) is -2.34. The SMILES string of the molecule is CC(C)(C)OC(=O)NCCO/N=C/Cn1ncc2c1[C@@H](C(=O)NO[Si](C)(C)C(C)(C)C)N1C[C@@H]2N(OCc2ccccc2)C1=O. The number of hydrogen-bond donors (Lipinski definition) is 2. The summed E-state index contributed by atoms with van der Waals surface area (Å²) in [6, 6.07) is 7.67. The van der Waals surface area contributed by atoms with Crippen molar-refractivity contribution in [2.75, 3.05) is 19.7 Å². The largest absolute Gasteiger partial charge is 0.444 e. The first kappa shape index (κ1) is 33.9. The molecule has 14 nitrogen and oxygen atoms in total. The van der Waals surface area contributed by atoms with Crippen LogP contribution in [0.2, 0.25) is 18.1 Å². The molecular formula is C30H45N7O7Si. The number of nitrogens with one attached hydrogen (secondary N) is 2. The molecule has 1 saturated heterocycles. The van der Waals surface area contributed by atoms with Crippen molar-refractivity contribution in [1.82, 2.24) is 30.5 Å². The molecule has 2 aliphatic heterocycles. The highest BCUT2D eigenvalue weighted by atomic mass is 28.4. The highest BCUT2D eigenvalue weighted by Crippen LogP contribution is 2.44. The van der Waals surface area contributed by atoms with E-state index in [1.807, 2.05) is 43.4 Å². The molecule has 246 valence electrons. The van der Waals surface area contributed by atoms with Crippen LogP contribution >= 0.6 is 0 Å². The second kappa shape index (κ2) is 13.6. The van der Waals surface area contributed by atoms with Gasteiger partial charge in [0.2, 0.25) is 8.32 Å². The molecule has 4 amide bonds. The molecule has 45 heavy (non-hydrogen) atoms. The first-order valence-corrected chi connectivity index (χ1v) is 17.9. The molecule has 0 radical (unpaired) electrons. The number of fused-ring (bicyclic) bond motifs is 4. The summed E-state index contributed by atoms with van der Waals surface area (Å²) in [5.74, 6) is -0.471. The summed E-state index contributed by atoms with van der Waals surface area (Å²) >= 11 is 0. The van der Waals surface area contributed by atoms with Crippen LogP contribution in [-0.4, -0.2) is 77.6 Å². The molecule has 3 heterocycles. The normalized spacial score (nSPS) is 18.3. The fourth-order valence-electron chi connectivity index (χ4n) is 4.54. The maximum absolute atomic E-state index is 13.8. The number of benzene rings is 1. The molecule has 15 heteroatoms. The van der Waals surface area contributed by atoms with Gasteiger partial charge in [0.1, 0.15) is 24.9 Å². The van der Waals surface area contributed by atoms with Crippen LogP contribution in [0.3, 0.4) is 0 Å². The third kappa shape index (κ3) is 8.21. The summed E-state index contributed by atoms with van der Waals surface area (Å²) in [6.45, 7) is 16.6. The number of hydrogen-bond acceptors (Lipinski definition) is 9. The molecule has 0 spiro atoms. The Kier molecular flexibility index (Phi) is 10.2. The summed E-state index contributed by atoms with van der Waals surface area (Å²) in [6.07, 6.45) is 2.61. The van der Waals surface area contributed by atoms with Crippen molar-refractivity contribution in [3.63, 3.8) is 0 Å². The number of amides is 4. The third-order valence-corrected chi connectivity index (χ3v) is 12.1. The molecule has 0 saturated carbocycles. The van der Waals surface area contributed by atoms with E-state index in [2.05, 4.69) is 41.8 Å². The molecule has 1 fully saturated rings. The number of aromatic nitrogens is 2. The topological polar surface area (TPSA) is 149 Å². The lowest BCUT2D eigenvalue weighted by Gasteiger charge is -2.36. The smallest absolute Gasteiger partial charge is 0.407 e. The molecule has 1 aromatic heterocycles. The van der Waals surface area contributed by atoms with E-state index < -0.39 is 44.0 Å². The maximum atomic E-state index is 13.8. The van der Waals surface area contributed by atoms with Crippen LogP contribution < -0.4 is 10.8 Å². The first-order valence-electron chi connectivity index (χ1n) is 15.0. The fraction of sp³-hybridized carbons (Fsp3) is 0.567. The Morgan fingerprint density at radius 1 is 1.13 bits per heavy atom. The molecule has 2 aliphatic rings. The van der Waals surface area contributed by atoms with E-state index in [9.17, 15) is 14.4 Å². The quantitative estimate of drug-likeness (QED) is 0.149. The second-order valence-corrected chi connectivity index (χ2v) is 18.2. The van der Waals surface area contributed by atoms with Gasteiger partial charge in [0, 0.05) is 5.56 Å². The Hall–Kier alpha value is -3.95. The molecule has 4 rings (SSSR count). The second-order valence-electron chi connectivity index (χ2n) is 13.5. The summed E-state index contributed by atoms with van der Waals surface area (Å²) < 4.78 is 12.8. The average Bonchev–Trinajstić information content (AvgIpc) is 3.49. The minimum absolute atomic E-state index is 0.126. The van der Waals surface area contributed by atoms with E-state index in [0.717, 1.165) is 5.56 Å². The van der Waals surface area contributed by atoms with Crippen LogP contribution in [0.25, 0.3) is 0 Å². The van der Waals surface area contributed by atoms with E-state index in [1.54, 1.807) is 31.6 Å². The Bertz CT molecular complexity index is 1390. The van der Waals surface area contributed by atoms with Gasteiger partial charge in [-0.05, 0) is 44.5 Å². The number of urea groups is 1. The highest BCUT2D eigenvalue weighted by molar-refractivity contribution is 6.74. The Morgan fingerprint density at radius 3 is 2.51 bits per heavy atom. The van der Waals surface area contributed by atoms with Gasteiger partial charge in [0.25, 0.3) is 5.91 Å². The predicted molar refractivity (Wildman–Crippen MR) is 168 cm³/mol. The van der Waals surface area contributed by atoms with Crippen LogP contribution in [0.5, 0.6) is 0 Å². The van der Waals surface area contributed by atoms with Gasteiger partial charge in [-0.2, -0.15) is 10.2 Å². The molecule has 0 aliphatic carbocycles. The van der Waals surface area contributed by atoms with E-state index in [0.29, 0.717) is 11.3 Å². The van der Waals surface area contributed by atoms with Crippen molar-refractivity contribution in [3.05, 3.63) is 53.3 Å². The van der Waals surface area contributed by atoms with Gasteiger partial charge in [-0.1, -0.05) is 56.3 Å². The minimum atomic E-state index is -2.34. The van der Waals surface area contributed by atoms with Crippen LogP contribution in [0.1, 0.15) is 70.4 Å². The van der Waals surface area contributed by atoms with Crippen molar-refractivity contribution >= 4 is 32.6 Å². The van der Waals surface area contributed by atoms with Gasteiger partial charge in [-0.15, -0.1) is 0 Å². The minimum Gasteiger partial charge on any atom is -0.444 e. The van der Waals surface area contributed by atoms with Gasteiger partial charge < -0.3 is 24.3 Å². The van der Waals surface area contributed by atoms with Gasteiger partial charge in [-0.3, -0.25) is 14.3 Å². The van der Waals surface area contributed by atoms with Crippen molar-refractivity contribution < 1.29 is 33.3 Å². The standard InChI is InChI=1S/C30H45N7O7Si/c1-29(2,3)43-27(39)31-15-17-41-33-14-16-36-24-22(18-32-36)23-19-35(25(24)26(38)34-44-45(7,8)30(4,5)6)28(40)37(23)42-20-21-12-10-9-11-13-21/h9-14,18,23,25H,15-17,19-20H2,1-8H3,(H,31,39)(H,34,38)/b33-14+/t23-,25-/m0/s1. The van der Waals surface area contributed by atoms with E-state index in [-0.39, 0.29) is 37.9 Å². The lowest BCUT2D eigenvalue weighted by Crippen LogP contribution is -2.50. The predicted octanol–water partition coefficient (Wildman–Crippen LogP) is 4.43. The number of ether oxygens (including phenoxy) is 1. The Balaban J connectivity index is 1.48. The lowest BCUT2D eigenvalue weighted by molar-refractivity contribution is -0.141. The fourth-order valence-corrected chi connectivity index (χ4v) is 5.20. The number of rotatable bonds is 12.